The molecule has 0 bridgehead atoms. The summed E-state index contributed by atoms with van der Waals surface area (Å²) in [5, 5.41) is 8.77. The van der Waals surface area contributed by atoms with Gasteiger partial charge in [0, 0.05) is 13.2 Å². The molecule has 2 fully saturated rings. The van der Waals surface area contributed by atoms with Crippen LogP contribution in [-0.4, -0.2) is 49.2 Å². The maximum absolute atomic E-state index is 10.7. The van der Waals surface area contributed by atoms with Gasteiger partial charge in [0.15, 0.2) is 6.10 Å². The molecule has 16 heavy (non-hydrogen) atoms. The molecule has 1 N–H and O–H groups in total. The van der Waals surface area contributed by atoms with Crippen molar-refractivity contribution >= 4 is 5.97 Å². The van der Waals surface area contributed by atoms with Crippen molar-refractivity contribution in [1.82, 2.24) is 0 Å². The Labute approximate surface area is 94.7 Å². The molecule has 0 radical (unpaired) electrons. The summed E-state index contributed by atoms with van der Waals surface area (Å²) >= 11 is 0. The molecule has 0 saturated carbocycles. The van der Waals surface area contributed by atoms with Crippen LogP contribution in [0.3, 0.4) is 0 Å². The van der Waals surface area contributed by atoms with Gasteiger partial charge in [-0.1, -0.05) is 0 Å². The zero-order valence-corrected chi connectivity index (χ0v) is 9.26. The van der Waals surface area contributed by atoms with Gasteiger partial charge in [0.2, 0.25) is 0 Å². The second-order valence-electron chi connectivity index (χ2n) is 4.31. The van der Waals surface area contributed by atoms with Crippen molar-refractivity contribution in [3.05, 3.63) is 0 Å². The lowest BCUT2D eigenvalue weighted by Crippen LogP contribution is -2.28. The number of carboxylic acid groups (broad SMARTS) is 1. The van der Waals surface area contributed by atoms with Crippen LogP contribution in [0.4, 0.5) is 0 Å². The lowest BCUT2D eigenvalue weighted by atomic mass is 10.1. The lowest BCUT2D eigenvalue weighted by molar-refractivity contribution is -0.151. The molecular weight excluding hydrogens is 212 g/mol. The van der Waals surface area contributed by atoms with E-state index in [0.29, 0.717) is 13.0 Å². The Morgan fingerprint density at radius 3 is 2.62 bits per heavy atom. The molecule has 5 nitrogen and oxygen atoms in total. The quantitative estimate of drug-likeness (QED) is 0.774. The molecule has 0 aliphatic carbocycles. The van der Waals surface area contributed by atoms with Crippen molar-refractivity contribution in [2.45, 2.75) is 44.0 Å². The number of ether oxygens (including phenoxy) is 3. The predicted molar refractivity (Wildman–Crippen MR) is 55.3 cm³/mol. The normalized spacial score (nSPS) is 31.8. The van der Waals surface area contributed by atoms with Gasteiger partial charge in [0.1, 0.15) is 0 Å². The summed E-state index contributed by atoms with van der Waals surface area (Å²) < 4.78 is 16.3. The van der Waals surface area contributed by atoms with E-state index in [-0.39, 0.29) is 12.2 Å². The first-order chi connectivity index (χ1) is 7.75. The van der Waals surface area contributed by atoms with Crippen LogP contribution in [0.15, 0.2) is 0 Å². The van der Waals surface area contributed by atoms with Crippen LogP contribution in [0, 0.1) is 0 Å². The molecule has 2 aliphatic rings. The van der Waals surface area contributed by atoms with Gasteiger partial charge < -0.3 is 19.3 Å². The Morgan fingerprint density at radius 2 is 2.00 bits per heavy atom. The first kappa shape index (κ1) is 11.8. The molecule has 0 spiro atoms. The topological polar surface area (TPSA) is 65.0 Å². The molecule has 0 aromatic rings. The minimum Gasteiger partial charge on any atom is -0.479 e. The number of carbonyl (C=O) groups is 1. The second-order valence-corrected chi connectivity index (χ2v) is 4.31. The van der Waals surface area contributed by atoms with E-state index in [1.807, 2.05) is 0 Å². The maximum Gasteiger partial charge on any atom is 0.332 e. The number of hydrogen-bond acceptors (Lipinski definition) is 4. The average molecular weight is 230 g/mol. The Balaban J connectivity index is 1.65. The summed E-state index contributed by atoms with van der Waals surface area (Å²) in [6.45, 7) is 2.02. The van der Waals surface area contributed by atoms with Gasteiger partial charge in [-0.05, 0) is 25.7 Å². The molecule has 2 saturated heterocycles. The predicted octanol–water partition coefficient (Wildman–Crippen LogP) is 0.814. The standard InChI is InChI=1S/C11H18O5/c12-11(13)10-2-1-9(16-10)7-15-8-3-5-14-6-4-8/h8-10H,1-7H2,(H,12,13). The molecule has 5 heteroatoms. The third kappa shape index (κ3) is 3.17. The molecule has 92 valence electrons. The summed E-state index contributed by atoms with van der Waals surface area (Å²) in [5.41, 5.74) is 0. The highest BCUT2D eigenvalue weighted by molar-refractivity contribution is 5.72. The Hall–Kier alpha value is -0.650. The van der Waals surface area contributed by atoms with E-state index in [1.54, 1.807) is 0 Å². The van der Waals surface area contributed by atoms with Gasteiger partial charge in [0.25, 0.3) is 0 Å². The van der Waals surface area contributed by atoms with Gasteiger partial charge in [0.05, 0.1) is 18.8 Å². The number of aliphatic carboxylic acids is 1. The van der Waals surface area contributed by atoms with Gasteiger partial charge in [-0.25, -0.2) is 4.79 Å². The summed E-state index contributed by atoms with van der Waals surface area (Å²) in [6, 6.07) is 0. The van der Waals surface area contributed by atoms with E-state index < -0.39 is 12.1 Å². The van der Waals surface area contributed by atoms with Crippen molar-refractivity contribution in [3.8, 4) is 0 Å². The third-order valence-electron chi connectivity index (χ3n) is 3.07. The minimum atomic E-state index is -0.867. The highest BCUT2D eigenvalue weighted by Gasteiger charge is 2.31. The van der Waals surface area contributed by atoms with Gasteiger partial charge in [-0.3, -0.25) is 0 Å². The van der Waals surface area contributed by atoms with Crippen molar-refractivity contribution in [3.63, 3.8) is 0 Å². The highest BCUT2D eigenvalue weighted by Crippen LogP contribution is 2.21. The monoisotopic (exact) mass is 230 g/mol. The van der Waals surface area contributed by atoms with Crippen LogP contribution >= 0.6 is 0 Å². The summed E-state index contributed by atoms with van der Waals surface area (Å²) in [4.78, 5) is 10.7. The smallest absolute Gasteiger partial charge is 0.332 e. The lowest BCUT2D eigenvalue weighted by Gasteiger charge is -2.23. The summed E-state index contributed by atoms with van der Waals surface area (Å²) in [6.07, 6.45) is 2.79. The molecule has 0 amide bonds. The first-order valence-corrected chi connectivity index (χ1v) is 5.83. The number of hydrogen-bond donors (Lipinski definition) is 1. The molecule has 2 rings (SSSR count). The zero-order valence-electron chi connectivity index (χ0n) is 9.26. The second kappa shape index (κ2) is 5.61. The van der Waals surface area contributed by atoms with Gasteiger partial charge in [-0.2, -0.15) is 0 Å². The zero-order chi connectivity index (χ0) is 11.4. The van der Waals surface area contributed by atoms with Crippen molar-refractivity contribution < 1.29 is 24.1 Å². The molecule has 0 aromatic heterocycles. The third-order valence-corrected chi connectivity index (χ3v) is 3.07. The molecule has 0 aromatic carbocycles. The van der Waals surface area contributed by atoms with Crippen LogP contribution in [0.25, 0.3) is 0 Å². The first-order valence-electron chi connectivity index (χ1n) is 5.83. The Morgan fingerprint density at radius 1 is 1.25 bits per heavy atom. The van der Waals surface area contributed by atoms with E-state index in [2.05, 4.69) is 0 Å². The fourth-order valence-electron chi connectivity index (χ4n) is 2.10. The van der Waals surface area contributed by atoms with Gasteiger partial charge in [-0.15, -0.1) is 0 Å². The van der Waals surface area contributed by atoms with Crippen LogP contribution in [0.1, 0.15) is 25.7 Å². The minimum absolute atomic E-state index is 0.0519. The van der Waals surface area contributed by atoms with Crippen molar-refractivity contribution in [2.75, 3.05) is 19.8 Å². The van der Waals surface area contributed by atoms with Crippen molar-refractivity contribution in [1.29, 1.82) is 0 Å². The molecule has 2 aliphatic heterocycles. The van der Waals surface area contributed by atoms with E-state index in [9.17, 15) is 4.79 Å². The summed E-state index contributed by atoms with van der Waals surface area (Å²) in [7, 11) is 0. The van der Waals surface area contributed by atoms with Crippen LogP contribution in [0.5, 0.6) is 0 Å². The number of carboxylic acids is 1. The average Bonchev–Trinajstić information content (AvgIpc) is 2.76. The van der Waals surface area contributed by atoms with Crippen LogP contribution in [0.2, 0.25) is 0 Å². The van der Waals surface area contributed by atoms with E-state index in [4.69, 9.17) is 19.3 Å². The van der Waals surface area contributed by atoms with Gasteiger partial charge >= 0.3 is 5.97 Å². The van der Waals surface area contributed by atoms with Crippen LogP contribution in [-0.2, 0) is 19.0 Å². The fourth-order valence-corrected chi connectivity index (χ4v) is 2.10. The fraction of sp³-hybridized carbons (Fsp3) is 0.909. The van der Waals surface area contributed by atoms with E-state index in [0.717, 1.165) is 32.5 Å². The molecule has 2 unspecified atom stereocenters. The highest BCUT2D eigenvalue weighted by atomic mass is 16.6. The molecule has 2 atom stereocenters. The maximum atomic E-state index is 10.7. The summed E-state index contributed by atoms with van der Waals surface area (Å²) in [5.74, 6) is -0.867. The number of rotatable bonds is 4. The molecular formula is C11H18O5. The molecule has 2 heterocycles. The van der Waals surface area contributed by atoms with E-state index >= 15 is 0 Å². The Kier molecular flexibility index (Phi) is 4.15. The largest absolute Gasteiger partial charge is 0.479 e. The van der Waals surface area contributed by atoms with E-state index in [1.165, 1.54) is 0 Å². The Bertz CT molecular complexity index is 237. The van der Waals surface area contributed by atoms with Crippen LogP contribution < -0.4 is 0 Å². The van der Waals surface area contributed by atoms with Crippen molar-refractivity contribution in [2.24, 2.45) is 0 Å². The SMILES string of the molecule is O=C(O)C1CCC(COC2CCOCC2)O1.